The molecule has 1 heterocycles. The van der Waals surface area contributed by atoms with E-state index in [1.54, 1.807) is 6.07 Å². The van der Waals surface area contributed by atoms with Gasteiger partial charge < -0.3 is 0 Å². The largest absolute Gasteiger partial charge is 0.271 e. The number of benzene rings is 1. The van der Waals surface area contributed by atoms with Crippen molar-refractivity contribution in [2.75, 3.05) is 11.5 Å². The van der Waals surface area contributed by atoms with Crippen LogP contribution < -0.4 is 11.3 Å². The van der Waals surface area contributed by atoms with Crippen LogP contribution in [0.25, 0.3) is 0 Å². The second kappa shape index (κ2) is 5.75. The minimum Gasteiger partial charge on any atom is -0.271 e. The molecule has 4 nitrogen and oxygen atoms in total. The van der Waals surface area contributed by atoms with Crippen LogP contribution >= 0.6 is 11.6 Å². The zero-order valence-corrected chi connectivity index (χ0v) is 11.8. The smallest absolute Gasteiger partial charge is 0.150 e. The standard InChI is InChI=1S/C12H16ClFN2O2S/c13-10-2-1-8(5-11(10)14)6-12(16-15)9-3-4-19(17,18)7-9/h1-2,5,9,12,16H,3-4,6-7,15H2. The maximum atomic E-state index is 13.4. The fourth-order valence-corrected chi connectivity index (χ4v) is 4.42. The van der Waals surface area contributed by atoms with Crippen molar-refractivity contribution in [3.05, 3.63) is 34.6 Å². The highest BCUT2D eigenvalue weighted by atomic mass is 35.5. The Labute approximate surface area is 117 Å². The van der Waals surface area contributed by atoms with Gasteiger partial charge in [0.25, 0.3) is 0 Å². The van der Waals surface area contributed by atoms with E-state index in [1.807, 2.05) is 0 Å². The Bertz CT molecular complexity index is 565. The third-order valence-corrected chi connectivity index (χ3v) is 5.59. The average molecular weight is 307 g/mol. The molecule has 2 atom stereocenters. The second-order valence-corrected chi connectivity index (χ2v) is 7.52. The molecule has 1 aliphatic rings. The molecule has 0 bridgehead atoms. The molecule has 7 heteroatoms. The molecule has 0 radical (unpaired) electrons. The summed E-state index contributed by atoms with van der Waals surface area (Å²) in [6.45, 7) is 0. The van der Waals surface area contributed by atoms with Crippen LogP contribution in [0.1, 0.15) is 12.0 Å². The Morgan fingerprint density at radius 3 is 2.79 bits per heavy atom. The summed E-state index contributed by atoms with van der Waals surface area (Å²) in [5.41, 5.74) is 3.39. The van der Waals surface area contributed by atoms with Gasteiger partial charge in [0.2, 0.25) is 0 Å². The van der Waals surface area contributed by atoms with Gasteiger partial charge in [0.15, 0.2) is 9.84 Å². The molecule has 0 amide bonds. The number of hydrazine groups is 1. The molecule has 2 unspecified atom stereocenters. The van der Waals surface area contributed by atoms with Crippen molar-refractivity contribution < 1.29 is 12.8 Å². The van der Waals surface area contributed by atoms with Gasteiger partial charge in [0.1, 0.15) is 5.82 Å². The minimum atomic E-state index is -2.95. The van der Waals surface area contributed by atoms with Crippen LogP contribution in [0.4, 0.5) is 4.39 Å². The second-order valence-electron chi connectivity index (χ2n) is 4.89. The van der Waals surface area contributed by atoms with Crippen LogP contribution in [-0.2, 0) is 16.3 Å². The van der Waals surface area contributed by atoms with Gasteiger partial charge in [-0.25, -0.2) is 12.8 Å². The molecule has 3 N–H and O–H groups in total. The van der Waals surface area contributed by atoms with Crippen molar-refractivity contribution in [3.8, 4) is 0 Å². The zero-order chi connectivity index (χ0) is 14.0. The van der Waals surface area contributed by atoms with Crippen molar-refractivity contribution in [2.45, 2.75) is 18.9 Å². The van der Waals surface area contributed by atoms with Crippen LogP contribution in [0, 0.1) is 11.7 Å². The van der Waals surface area contributed by atoms with Crippen molar-refractivity contribution in [2.24, 2.45) is 11.8 Å². The maximum Gasteiger partial charge on any atom is 0.150 e. The first-order valence-corrected chi connectivity index (χ1v) is 8.21. The Hall–Kier alpha value is -0.690. The monoisotopic (exact) mass is 306 g/mol. The molecule has 106 valence electrons. The number of nitrogens with one attached hydrogen (secondary N) is 1. The Morgan fingerprint density at radius 1 is 1.53 bits per heavy atom. The predicted molar refractivity (Wildman–Crippen MR) is 73.0 cm³/mol. The molecular formula is C12H16ClFN2O2S. The van der Waals surface area contributed by atoms with E-state index in [0.717, 1.165) is 5.56 Å². The maximum absolute atomic E-state index is 13.4. The summed E-state index contributed by atoms with van der Waals surface area (Å²) in [4.78, 5) is 0. The quantitative estimate of drug-likeness (QED) is 0.649. The lowest BCUT2D eigenvalue weighted by molar-refractivity contribution is 0.384. The molecule has 0 aliphatic carbocycles. The fraction of sp³-hybridized carbons (Fsp3) is 0.500. The van der Waals surface area contributed by atoms with E-state index in [1.165, 1.54) is 12.1 Å². The minimum absolute atomic E-state index is 0.0336. The molecule has 2 rings (SSSR count). The SMILES string of the molecule is NNC(Cc1ccc(Cl)c(F)c1)C1CCS(=O)(=O)C1. The van der Waals surface area contributed by atoms with Gasteiger partial charge in [-0.2, -0.15) is 0 Å². The molecule has 1 fully saturated rings. The van der Waals surface area contributed by atoms with Gasteiger partial charge in [-0.3, -0.25) is 11.3 Å². The number of nitrogens with two attached hydrogens (primary N) is 1. The van der Waals surface area contributed by atoms with E-state index in [0.29, 0.717) is 12.8 Å². The molecule has 1 aromatic carbocycles. The number of hydrogen-bond donors (Lipinski definition) is 2. The summed E-state index contributed by atoms with van der Waals surface area (Å²) >= 11 is 5.62. The Balaban J connectivity index is 2.09. The lowest BCUT2D eigenvalue weighted by Gasteiger charge is -2.21. The highest BCUT2D eigenvalue weighted by Crippen LogP contribution is 2.24. The summed E-state index contributed by atoms with van der Waals surface area (Å²) in [7, 11) is -2.95. The van der Waals surface area contributed by atoms with Gasteiger partial charge in [-0.05, 0) is 36.5 Å². The molecule has 1 aliphatic heterocycles. The first-order chi connectivity index (χ1) is 8.91. The molecule has 1 aromatic rings. The van der Waals surface area contributed by atoms with Crippen molar-refractivity contribution >= 4 is 21.4 Å². The van der Waals surface area contributed by atoms with E-state index in [-0.39, 0.29) is 28.5 Å². The number of halogens is 2. The van der Waals surface area contributed by atoms with E-state index in [2.05, 4.69) is 5.43 Å². The zero-order valence-electron chi connectivity index (χ0n) is 10.3. The lowest BCUT2D eigenvalue weighted by Crippen LogP contribution is -2.43. The first-order valence-electron chi connectivity index (χ1n) is 6.02. The van der Waals surface area contributed by atoms with Gasteiger partial charge in [0, 0.05) is 6.04 Å². The number of rotatable bonds is 4. The van der Waals surface area contributed by atoms with Crippen LogP contribution in [0.5, 0.6) is 0 Å². The molecule has 1 saturated heterocycles. The fourth-order valence-electron chi connectivity index (χ4n) is 2.42. The van der Waals surface area contributed by atoms with Crippen LogP contribution in [-0.4, -0.2) is 26.0 Å². The van der Waals surface area contributed by atoms with Gasteiger partial charge in [-0.1, -0.05) is 17.7 Å². The Morgan fingerprint density at radius 2 is 2.26 bits per heavy atom. The van der Waals surface area contributed by atoms with Crippen LogP contribution in [0.3, 0.4) is 0 Å². The third kappa shape index (κ3) is 3.66. The summed E-state index contributed by atoms with van der Waals surface area (Å²) in [6, 6.07) is 4.39. The van der Waals surface area contributed by atoms with Crippen molar-refractivity contribution in [1.82, 2.24) is 5.43 Å². The van der Waals surface area contributed by atoms with E-state index >= 15 is 0 Å². The Kier molecular flexibility index (Phi) is 4.45. The first kappa shape index (κ1) is 14.7. The third-order valence-electron chi connectivity index (χ3n) is 3.49. The van der Waals surface area contributed by atoms with Crippen molar-refractivity contribution in [1.29, 1.82) is 0 Å². The summed E-state index contributed by atoms with van der Waals surface area (Å²) in [6.07, 6.45) is 1.07. The predicted octanol–water partition coefficient (Wildman–Crippen LogP) is 1.29. The van der Waals surface area contributed by atoms with Gasteiger partial charge in [-0.15, -0.1) is 0 Å². The van der Waals surface area contributed by atoms with Gasteiger partial charge >= 0.3 is 0 Å². The molecule has 0 spiro atoms. The average Bonchev–Trinajstić information content (AvgIpc) is 2.71. The normalized spacial score (nSPS) is 23.4. The lowest BCUT2D eigenvalue weighted by atomic mass is 9.93. The van der Waals surface area contributed by atoms with Gasteiger partial charge in [0.05, 0.1) is 16.5 Å². The molecular weight excluding hydrogens is 291 g/mol. The van der Waals surface area contributed by atoms with E-state index < -0.39 is 15.7 Å². The van der Waals surface area contributed by atoms with Crippen molar-refractivity contribution in [3.63, 3.8) is 0 Å². The van der Waals surface area contributed by atoms with E-state index in [4.69, 9.17) is 17.4 Å². The molecule has 19 heavy (non-hydrogen) atoms. The summed E-state index contributed by atoms with van der Waals surface area (Å²) in [5, 5.41) is 0.0736. The van der Waals surface area contributed by atoms with Crippen LogP contribution in [0.15, 0.2) is 18.2 Å². The topological polar surface area (TPSA) is 72.2 Å². The molecule has 0 saturated carbocycles. The van der Waals surface area contributed by atoms with E-state index in [9.17, 15) is 12.8 Å². The van der Waals surface area contributed by atoms with Crippen LogP contribution in [0.2, 0.25) is 5.02 Å². The highest BCUT2D eigenvalue weighted by molar-refractivity contribution is 7.91. The molecule has 0 aromatic heterocycles. The number of hydrogen-bond acceptors (Lipinski definition) is 4. The summed E-state index contributed by atoms with van der Waals surface area (Å²) < 4.78 is 36.3. The number of sulfone groups is 1. The summed E-state index contributed by atoms with van der Waals surface area (Å²) in [5.74, 6) is 5.32. The highest BCUT2D eigenvalue weighted by Gasteiger charge is 2.33.